The number of carbonyl (C=O) groups excluding carboxylic acids is 1. The number of hydrogen-bond acceptors (Lipinski definition) is 4. The maximum absolute atomic E-state index is 12.5. The molecular formula is C18H22N2O3S2. The van der Waals surface area contributed by atoms with Crippen molar-refractivity contribution in [3.63, 3.8) is 0 Å². The predicted molar refractivity (Wildman–Crippen MR) is 100 cm³/mol. The number of nitrogens with zero attached hydrogens (tertiary/aromatic N) is 2. The van der Waals surface area contributed by atoms with E-state index in [1.54, 1.807) is 24.3 Å². The molecule has 0 atom stereocenters. The van der Waals surface area contributed by atoms with E-state index in [1.165, 1.54) is 24.0 Å². The highest BCUT2D eigenvalue weighted by Gasteiger charge is 2.21. The molecule has 2 aromatic rings. The van der Waals surface area contributed by atoms with Crippen molar-refractivity contribution in [2.45, 2.75) is 43.5 Å². The van der Waals surface area contributed by atoms with Crippen LogP contribution in [0.25, 0.3) is 10.2 Å². The summed E-state index contributed by atoms with van der Waals surface area (Å²) < 4.78 is 26.3. The lowest BCUT2D eigenvalue weighted by Gasteiger charge is -2.17. The van der Waals surface area contributed by atoms with Gasteiger partial charge in [0, 0.05) is 18.7 Å². The van der Waals surface area contributed by atoms with Crippen LogP contribution in [0.2, 0.25) is 0 Å². The number of carbonyl (C=O) groups is 1. The van der Waals surface area contributed by atoms with Crippen LogP contribution in [0.15, 0.2) is 40.7 Å². The first-order valence-corrected chi connectivity index (χ1v) is 11.1. The SMILES string of the molecule is C=CCn1c(=NC(=O)C2CCCCC2)sc2cc(S(C)(=O)=O)ccc21. The van der Waals surface area contributed by atoms with Gasteiger partial charge in [-0.1, -0.05) is 36.7 Å². The van der Waals surface area contributed by atoms with Crippen LogP contribution in [0.4, 0.5) is 0 Å². The van der Waals surface area contributed by atoms with Crippen LogP contribution in [0, 0.1) is 5.92 Å². The highest BCUT2D eigenvalue weighted by molar-refractivity contribution is 7.90. The summed E-state index contributed by atoms with van der Waals surface area (Å²) in [5.74, 6) is -0.0462. The topological polar surface area (TPSA) is 68.5 Å². The first kappa shape index (κ1) is 18.1. The van der Waals surface area contributed by atoms with Crippen molar-refractivity contribution in [2.75, 3.05) is 6.26 Å². The highest BCUT2D eigenvalue weighted by Crippen LogP contribution is 2.25. The molecule has 1 amide bonds. The summed E-state index contributed by atoms with van der Waals surface area (Å²) in [6.45, 7) is 4.29. The fourth-order valence-electron chi connectivity index (χ4n) is 3.21. The first-order chi connectivity index (χ1) is 11.9. The van der Waals surface area contributed by atoms with Crippen LogP contribution in [0.1, 0.15) is 32.1 Å². The number of aromatic nitrogens is 1. The maximum Gasteiger partial charge on any atom is 0.251 e. The van der Waals surface area contributed by atoms with Crippen LogP contribution in [-0.2, 0) is 21.2 Å². The average Bonchev–Trinajstić information content (AvgIpc) is 2.92. The van der Waals surface area contributed by atoms with Crippen molar-refractivity contribution in [2.24, 2.45) is 10.9 Å². The summed E-state index contributed by atoms with van der Waals surface area (Å²) in [4.78, 5) is 17.8. The zero-order chi connectivity index (χ0) is 18.0. The largest absolute Gasteiger partial charge is 0.313 e. The number of benzene rings is 1. The van der Waals surface area contributed by atoms with E-state index in [-0.39, 0.29) is 16.7 Å². The number of amides is 1. The van der Waals surface area contributed by atoms with E-state index in [0.29, 0.717) is 11.3 Å². The Morgan fingerprint density at radius 1 is 1.36 bits per heavy atom. The van der Waals surface area contributed by atoms with Gasteiger partial charge in [0.2, 0.25) is 0 Å². The highest BCUT2D eigenvalue weighted by atomic mass is 32.2. The third-order valence-electron chi connectivity index (χ3n) is 4.55. The average molecular weight is 379 g/mol. The van der Waals surface area contributed by atoms with E-state index in [9.17, 15) is 13.2 Å². The van der Waals surface area contributed by atoms with Crippen LogP contribution in [0.3, 0.4) is 0 Å². The van der Waals surface area contributed by atoms with Gasteiger partial charge in [0.25, 0.3) is 5.91 Å². The zero-order valence-corrected chi connectivity index (χ0v) is 15.9. The van der Waals surface area contributed by atoms with Gasteiger partial charge >= 0.3 is 0 Å². The Morgan fingerprint density at radius 2 is 2.08 bits per heavy atom. The molecule has 0 radical (unpaired) electrons. The second-order valence-electron chi connectivity index (χ2n) is 6.47. The third-order valence-corrected chi connectivity index (χ3v) is 6.71. The van der Waals surface area contributed by atoms with Gasteiger partial charge in [0.05, 0.1) is 15.1 Å². The standard InChI is InChI=1S/C18H22N2O3S2/c1-3-11-20-15-10-9-14(25(2,22)23)12-16(15)24-18(20)19-17(21)13-7-5-4-6-8-13/h3,9-10,12-13H,1,4-8,11H2,2H3. The molecule has 1 aliphatic carbocycles. The van der Waals surface area contributed by atoms with Gasteiger partial charge in [-0.2, -0.15) is 4.99 Å². The molecule has 0 aliphatic heterocycles. The van der Waals surface area contributed by atoms with Gasteiger partial charge in [-0.05, 0) is 31.0 Å². The quantitative estimate of drug-likeness (QED) is 0.767. The molecule has 0 bridgehead atoms. The summed E-state index contributed by atoms with van der Waals surface area (Å²) in [5, 5.41) is 0. The molecule has 1 aromatic heterocycles. The van der Waals surface area contributed by atoms with Gasteiger partial charge in [-0.25, -0.2) is 8.42 Å². The fraction of sp³-hybridized carbons (Fsp3) is 0.444. The summed E-state index contributed by atoms with van der Waals surface area (Å²) in [6, 6.07) is 5.02. The van der Waals surface area contributed by atoms with Crippen molar-refractivity contribution in [3.8, 4) is 0 Å². The summed E-state index contributed by atoms with van der Waals surface area (Å²) in [7, 11) is -3.27. The summed E-state index contributed by atoms with van der Waals surface area (Å²) in [6.07, 6.45) is 8.13. The minimum atomic E-state index is -3.27. The Kier molecular flexibility index (Phi) is 5.24. The summed E-state index contributed by atoms with van der Waals surface area (Å²) >= 11 is 1.35. The van der Waals surface area contributed by atoms with Gasteiger partial charge < -0.3 is 4.57 Å². The van der Waals surface area contributed by atoms with Crippen LogP contribution in [0.5, 0.6) is 0 Å². The van der Waals surface area contributed by atoms with Crippen molar-refractivity contribution in [1.29, 1.82) is 0 Å². The lowest BCUT2D eigenvalue weighted by atomic mass is 9.89. The molecule has 1 saturated carbocycles. The minimum Gasteiger partial charge on any atom is -0.313 e. The van der Waals surface area contributed by atoms with E-state index < -0.39 is 9.84 Å². The van der Waals surface area contributed by atoms with E-state index in [4.69, 9.17) is 0 Å². The number of hydrogen-bond donors (Lipinski definition) is 0. The molecule has 1 heterocycles. The van der Waals surface area contributed by atoms with E-state index in [1.807, 2.05) is 4.57 Å². The number of rotatable bonds is 4. The molecule has 7 heteroatoms. The molecule has 1 aliphatic rings. The molecule has 0 saturated heterocycles. The maximum atomic E-state index is 12.5. The predicted octanol–water partition coefficient (Wildman–Crippen LogP) is 3.30. The van der Waals surface area contributed by atoms with Crippen LogP contribution < -0.4 is 4.80 Å². The van der Waals surface area contributed by atoms with Gasteiger partial charge in [0.15, 0.2) is 14.6 Å². The van der Waals surface area contributed by atoms with Crippen molar-refractivity contribution >= 4 is 37.3 Å². The Labute approximate surface area is 151 Å². The second kappa shape index (κ2) is 7.25. The Balaban J connectivity index is 2.09. The Bertz CT molecular complexity index is 977. The number of thiazole rings is 1. The van der Waals surface area contributed by atoms with E-state index >= 15 is 0 Å². The molecule has 0 N–H and O–H groups in total. The van der Waals surface area contributed by atoms with Gasteiger partial charge in [-0.15, -0.1) is 6.58 Å². The number of fused-ring (bicyclic) bond motifs is 1. The van der Waals surface area contributed by atoms with Crippen molar-refractivity contribution < 1.29 is 13.2 Å². The molecule has 1 fully saturated rings. The lowest BCUT2D eigenvalue weighted by Crippen LogP contribution is -2.21. The molecular weight excluding hydrogens is 356 g/mol. The molecule has 1 aromatic carbocycles. The third kappa shape index (κ3) is 3.93. The van der Waals surface area contributed by atoms with Crippen LogP contribution in [-0.4, -0.2) is 25.1 Å². The normalized spacial score (nSPS) is 17.1. The molecule has 0 spiro atoms. The second-order valence-corrected chi connectivity index (χ2v) is 9.50. The lowest BCUT2D eigenvalue weighted by molar-refractivity contribution is -0.122. The van der Waals surface area contributed by atoms with E-state index in [2.05, 4.69) is 11.6 Å². The first-order valence-electron chi connectivity index (χ1n) is 8.43. The van der Waals surface area contributed by atoms with Crippen LogP contribution >= 0.6 is 11.3 Å². The molecule has 134 valence electrons. The Morgan fingerprint density at radius 3 is 2.72 bits per heavy atom. The summed E-state index contributed by atoms with van der Waals surface area (Å²) in [5.41, 5.74) is 0.868. The molecule has 0 unspecified atom stereocenters. The molecule has 25 heavy (non-hydrogen) atoms. The van der Waals surface area contributed by atoms with Gasteiger partial charge in [0.1, 0.15) is 0 Å². The zero-order valence-electron chi connectivity index (χ0n) is 14.3. The van der Waals surface area contributed by atoms with Crippen molar-refractivity contribution in [3.05, 3.63) is 35.7 Å². The molecule has 5 nitrogen and oxygen atoms in total. The fourth-order valence-corrected chi connectivity index (χ4v) is 5.02. The van der Waals surface area contributed by atoms with Crippen molar-refractivity contribution in [1.82, 2.24) is 4.57 Å². The van der Waals surface area contributed by atoms with Gasteiger partial charge in [-0.3, -0.25) is 4.79 Å². The number of sulfone groups is 1. The minimum absolute atomic E-state index is 0.0164. The van der Waals surface area contributed by atoms with E-state index in [0.717, 1.165) is 35.9 Å². The smallest absolute Gasteiger partial charge is 0.251 e. The molecule has 3 rings (SSSR count). The number of allylic oxidation sites excluding steroid dienone is 1. The Hall–Kier alpha value is -1.73. The monoisotopic (exact) mass is 378 g/mol.